The minimum absolute atomic E-state index is 0.0167. The molecule has 2 heterocycles. The van der Waals surface area contributed by atoms with E-state index in [1.807, 2.05) is 36.9 Å². The molecule has 1 amide bonds. The number of hydrogen-bond acceptors (Lipinski definition) is 4. The smallest absolute Gasteiger partial charge is 0.254 e. The van der Waals surface area contributed by atoms with Gasteiger partial charge in [-0.15, -0.1) is 0 Å². The van der Waals surface area contributed by atoms with Crippen LogP contribution in [-0.2, 0) is 6.54 Å². The summed E-state index contributed by atoms with van der Waals surface area (Å²) in [6.45, 7) is 7.36. The van der Waals surface area contributed by atoms with Crippen LogP contribution in [-0.4, -0.2) is 53.8 Å². The third-order valence-electron chi connectivity index (χ3n) is 6.05. The van der Waals surface area contributed by atoms with Crippen LogP contribution in [0.5, 0.6) is 5.75 Å². The second kappa shape index (κ2) is 9.18. The van der Waals surface area contributed by atoms with Crippen molar-refractivity contribution in [3.8, 4) is 5.75 Å². The number of fused-ring (bicyclic) bond motifs is 1. The number of likely N-dealkylation sites (tertiary alicyclic amines) is 1. The van der Waals surface area contributed by atoms with Gasteiger partial charge in [0.1, 0.15) is 11.6 Å². The van der Waals surface area contributed by atoms with Crippen LogP contribution in [0.15, 0.2) is 42.5 Å². The summed E-state index contributed by atoms with van der Waals surface area (Å²) in [5, 5.41) is 0. The second-order valence-electron chi connectivity index (χ2n) is 8.82. The molecule has 0 unspecified atom stereocenters. The first-order valence-electron chi connectivity index (χ1n) is 11.0. The van der Waals surface area contributed by atoms with E-state index in [4.69, 9.17) is 4.74 Å². The number of ether oxygens (including phenoxy) is 1. The van der Waals surface area contributed by atoms with E-state index in [2.05, 4.69) is 4.90 Å². The Hall–Kier alpha value is -2.73. The Balaban J connectivity index is 1.27. The predicted octanol–water partition coefficient (Wildman–Crippen LogP) is 4.16. The third-order valence-corrected chi connectivity index (χ3v) is 6.05. The Morgan fingerprint density at radius 1 is 1.13 bits per heavy atom. The summed E-state index contributed by atoms with van der Waals surface area (Å²) < 4.78 is 18.8. The number of Topliss-reactive ketones (excluding diaryl/α,β-unsaturated/α-hetero) is 1. The average Bonchev–Trinajstić information content (AvgIpc) is 3.04. The fourth-order valence-electron chi connectivity index (χ4n) is 4.40. The van der Waals surface area contributed by atoms with Crippen LogP contribution in [0.3, 0.4) is 0 Å². The molecular formula is C25H29FN2O3. The lowest BCUT2D eigenvalue weighted by Gasteiger charge is -2.33. The van der Waals surface area contributed by atoms with Gasteiger partial charge in [0, 0.05) is 24.2 Å². The van der Waals surface area contributed by atoms with Crippen molar-refractivity contribution in [3.05, 3.63) is 65.0 Å². The Kier molecular flexibility index (Phi) is 6.37. The van der Waals surface area contributed by atoms with Crippen molar-refractivity contribution in [3.63, 3.8) is 0 Å². The van der Waals surface area contributed by atoms with Gasteiger partial charge in [-0.1, -0.05) is 6.07 Å². The summed E-state index contributed by atoms with van der Waals surface area (Å²) in [6.07, 6.45) is 1.99. The number of rotatable bonds is 7. The molecule has 1 saturated heterocycles. The molecule has 2 aliphatic heterocycles. The topological polar surface area (TPSA) is 49.9 Å². The Morgan fingerprint density at radius 2 is 1.84 bits per heavy atom. The van der Waals surface area contributed by atoms with Crippen molar-refractivity contribution in [2.45, 2.75) is 39.3 Å². The molecular weight excluding hydrogens is 395 g/mol. The van der Waals surface area contributed by atoms with Crippen LogP contribution in [0.1, 0.15) is 53.0 Å². The summed E-state index contributed by atoms with van der Waals surface area (Å²) in [6, 6.07) is 11.5. The van der Waals surface area contributed by atoms with E-state index in [9.17, 15) is 14.0 Å². The first-order valence-corrected chi connectivity index (χ1v) is 11.0. The Bertz CT molecular complexity index is 950. The number of ketones is 1. The molecule has 0 saturated carbocycles. The highest BCUT2D eigenvalue weighted by Crippen LogP contribution is 2.29. The van der Waals surface area contributed by atoms with Crippen molar-refractivity contribution in [1.82, 2.24) is 9.80 Å². The fourth-order valence-corrected chi connectivity index (χ4v) is 4.40. The van der Waals surface area contributed by atoms with E-state index in [0.29, 0.717) is 24.6 Å². The molecule has 0 aromatic heterocycles. The van der Waals surface area contributed by atoms with Crippen molar-refractivity contribution >= 4 is 11.7 Å². The molecule has 164 valence electrons. The molecule has 31 heavy (non-hydrogen) atoms. The van der Waals surface area contributed by atoms with Gasteiger partial charge in [0.05, 0.1) is 12.6 Å². The second-order valence-corrected chi connectivity index (χ2v) is 8.82. The zero-order valence-electron chi connectivity index (χ0n) is 18.1. The maximum atomic E-state index is 13.0. The van der Waals surface area contributed by atoms with Gasteiger partial charge in [-0.2, -0.15) is 0 Å². The zero-order chi connectivity index (χ0) is 22.0. The van der Waals surface area contributed by atoms with Crippen LogP contribution in [0.25, 0.3) is 0 Å². The molecule has 2 aromatic rings. The van der Waals surface area contributed by atoms with Crippen molar-refractivity contribution < 1.29 is 18.7 Å². The molecule has 0 atom stereocenters. The zero-order valence-corrected chi connectivity index (χ0v) is 18.1. The molecule has 2 aromatic carbocycles. The summed E-state index contributed by atoms with van der Waals surface area (Å²) in [5.41, 5.74) is 2.36. The minimum atomic E-state index is -0.334. The summed E-state index contributed by atoms with van der Waals surface area (Å²) in [7, 11) is 0. The lowest BCUT2D eigenvalue weighted by Crippen LogP contribution is -2.40. The van der Waals surface area contributed by atoms with Crippen LogP contribution in [0.4, 0.5) is 4.39 Å². The molecule has 2 aliphatic rings. The first-order chi connectivity index (χ1) is 14.9. The van der Waals surface area contributed by atoms with Gasteiger partial charge in [0.25, 0.3) is 5.91 Å². The van der Waals surface area contributed by atoms with Crippen LogP contribution in [0.2, 0.25) is 0 Å². The van der Waals surface area contributed by atoms with Crippen LogP contribution < -0.4 is 4.74 Å². The number of carbonyl (C=O) groups is 2. The highest BCUT2D eigenvalue weighted by Gasteiger charge is 2.31. The van der Waals surface area contributed by atoms with E-state index in [1.165, 1.54) is 12.1 Å². The van der Waals surface area contributed by atoms with Crippen molar-refractivity contribution in [2.75, 3.05) is 26.2 Å². The first kappa shape index (κ1) is 21.5. The highest BCUT2D eigenvalue weighted by molar-refractivity contribution is 5.99. The van der Waals surface area contributed by atoms with Gasteiger partial charge in [0.15, 0.2) is 5.78 Å². The fraction of sp³-hybridized carbons (Fsp3) is 0.440. The van der Waals surface area contributed by atoms with E-state index in [1.54, 1.807) is 12.1 Å². The summed E-state index contributed by atoms with van der Waals surface area (Å²) >= 11 is 0. The van der Waals surface area contributed by atoms with Crippen LogP contribution in [0, 0.1) is 11.7 Å². The molecule has 6 heteroatoms. The molecule has 0 aliphatic carbocycles. The quantitative estimate of drug-likeness (QED) is 0.626. The monoisotopic (exact) mass is 424 g/mol. The highest BCUT2D eigenvalue weighted by atomic mass is 19.1. The maximum Gasteiger partial charge on any atom is 0.254 e. The number of nitrogens with zero attached hydrogens (tertiary/aromatic N) is 2. The number of amides is 1. The molecule has 5 nitrogen and oxygen atoms in total. The van der Waals surface area contributed by atoms with Crippen molar-refractivity contribution in [1.29, 1.82) is 0 Å². The van der Waals surface area contributed by atoms with E-state index < -0.39 is 0 Å². The number of carbonyl (C=O) groups excluding carboxylic acids is 2. The Morgan fingerprint density at radius 3 is 2.52 bits per heavy atom. The normalized spacial score (nSPS) is 17.3. The van der Waals surface area contributed by atoms with E-state index in [0.717, 1.165) is 49.4 Å². The molecule has 0 radical (unpaired) electrons. The third kappa shape index (κ3) is 5.13. The van der Waals surface area contributed by atoms with Gasteiger partial charge in [-0.05, 0) is 87.7 Å². The molecule has 1 fully saturated rings. The molecule has 0 spiro atoms. The largest absolute Gasteiger partial charge is 0.491 e. The molecule has 0 N–H and O–H groups in total. The van der Waals surface area contributed by atoms with Gasteiger partial charge < -0.3 is 9.64 Å². The summed E-state index contributed by atoms with van der Waals surface area (Å²) in [4.78, 5) is 29.4. The van der Waals surface area contributed by atoms with Crippen LogP contribution >= 0.6 is 0 Å². The molecule has 4 rings (SSSR count). The Labute approximate surface area is 182 Å². The maximum absolute atomic E-state index is 13.0. The number of piperidine rings is 1. The SMILES string of the molecule is CC(C)Oc1ccc2c(c1)C(=O)N(CC1CCN(CC(=O)c3ccc(F)cc3)CC1)C2. The van der Waals surface area contributed by atoms with Gasteiger partial charge in [-0.25, -0.2) is 4.39 Å². The number of benzene rings is 2. The van der Waals surface area contributed by atoms with Crippen molar-refractivity contribution in [2.24, 2.45) is 5.92 Å². The number of halogens is 1. The lowest BCUT2D eigenvalue weighted by atomic mass is 9.95. The minimum Gasteiger partial charge on any atom is -0.491 e. The standard InChI is InChI=1S/C25H29FN2O3/c1-17(2)31-22-8-5-20-15-28(25(30)23(20)13-22)14-18-9-11-27(12-10-18)16-24(29)19-3-6-21(26)7-4-19/h3-8,13,17-18H,9-12,14-16H2,1-2H3. The number of hydrogen-bond donors (Lipinski definition) is 0. The predicted molar refractivity (Wildman–Crippen MR) is 117 cm³/mol. The molecule has 0 bridgehead atoms. The van der Waals surface area contributed by atoms with Gasteiger partial charge in [-0.3, -0.25) is 14.5 Å². The van der Waals surface area contributed by atoms with E-state index >= 15 is 0 Å². The van der Waals surface area contributed by atoms with E-state index in [-0.39, 0.29) is 23.6 Å². The van der Waals surface area contributed by atoms with Gasteiger partial charge >= 0.3 is 0 Å². The lowest BCUT2D eigenvalue weighted by molar-refractivity contribution is 0.0707. The summed E-state index contributed by atoms with van der Waals surface area (Å²) in [5.74, 6) is 0.936. The average molecular weight is 425 g/mol. The van der Waals surface area contributed by atoms with Gasteiger partial charge in [0.2, 0.25) is 0 Å².